The molecule has 90 valence electrons. The molecule has 15 heavy (non-hydrogen) atoms. The maximum atomic E-state index is 3.23. The Hall–Kier alpha value is -0.0800. The normalized spacial score (nSPS) is 24.4. The Balaban J connectivity index is 2.43. The molecule has 0 aromatic heterocycles. The lowest BCUT2D eigenvalue weighted by molar-refractivity contribution is 0.0631. The molecule has 0 amide bonds. The Labute approximate surface area is 95.4 Å². The first-order valence-corrected chi connectivity index (χ1v) is 6.44. The molecule has 0 aromatic carbocycles. The number of likely N-dealkylation sites (tertiary alicyclic amines) is 1. The van der Waals surface area contributed by atoms with Crippen molar-refractivity contribution in [3.8, 4) is 0 Å². The summed E-state index contributed by atoms with van der Waals surface area (Å²) in [5.41, 5.74) is 0.445. The van der Waals surface area contributed by atoms with Gasteiger partial charge in [-0.1, -0.05) is 27.2 Å². The molecule has 0 spiro atoms. The van der Waals surface area contributed by atoms with Crippen LogP contribution in [0, 0.1) is 5.41 Å². The second-order valence-electron chi connectivity index (χ2n) is 5.87. The van der Waals surface area contributed by atoms with Gasteiger partial charge in [0, 0.05) is 6.04 Å². The molecule has 1 aliphatic rings. The van der Waals surface area contributed by atoms with Gasteiger partial charge < -0.3 is 5.32 Å². The smallest absolute Gasteiger partial charge is 0.0144 e. The van der Waals surface area contributed by atoms with Crippen molar-refractivity contribution in [2.24, 2.45) is 5.41 Å². The lowest BCUT2D eigenvalue weighted by atomic mass is 9.80. The molecule has 2 nitrogen and oxygen atoms in total. The van der Waals surface area contributed by atoms with Crippen LogP contribution < -0.4 is 5.32 Å². The van der Waals surface area contributed by atoms with Crippen LogP contribution in [-0.2, 0) is 0 Å². The van der Waals surface area contributed by atoms with E-state index in [-0.39, 0.29) is 0 Å². The summed E-state index contributed by atoms with van der Waals surface area (Å²) < 4.78 is 0. The van der Waals surface area contributed by atoms with E-state index in [1.54, 1.807) is 0 Å². The van der Waals surface area contributed by atoms with Crippen molar-refractivity contribution in [3.63, 3.8) is 0 Å². The molecule has 1 heterocycles. The standard InChI is InChI=1S/C13H28N2/c1-13(2,3)12-8-5-6-10-15(12)11-7-9-14-4/h12,14H,5-11H2,1-4H3. The van der Waals surface area contributed by atoms with Crippen molar-refractivity contribution in [2.45, 2.75) is 52.5 Å². The fourth-order valence-electron chi connectivity index (χ4n) is 2.70. The van der Waals surface area contributed by atoms with Gasteiger partial charge in [-0.3, -0.25) is 4.90 Å². The number of rotatable bonds is 4. The molecule has 1 N–H and O–H groups in total. The maximum absolute atomic E-state index is 3.23. The van der Waals surface area contributed by atoms with Gasteiger partial charge in [-0.25, -0.2) is 0 Å². The molecule has 1 aliphatic heterocycles. The van der Waals surface area contributed by atoms with Crippen molar-refractivity contribution in [2.75, 3.05) is 26.7 Å². The van der Waals surface area contributed by atoms with Crippen molar-refractivity contribution in [1.82, 2.24) is 10.2 Å². The minimum Gasteiger partial charge on any atom is -0.320 e. The summed E-state index contributed by atoms with van der Waals surface area (Å²) in [5.74, 6) is 0. The van der Waals surface area contributed by atoms with Crippen LogP contribution in [0.3, 0.4) is 0 Å². The van der Waals surface area contributed by atoms with Crippen molar-refractivity contribution < 1.29 is 0 Å². The molecule has 1 rings (SSSR count). The zero-order valence-electron chi connectivity index (χ0n) is 11.0. The second-order valence-corrected chi connectivity index (χ2v) is 5.87. The first kappa shape index (κ1) is 13.0. The van der Waals surface area contributed by atoms with Crippen molar-refractivity contribution in [1.29, 1.82) is 0 Å². The van der Waals surface area contributed by atoms with Gasteiger partial charge in [-0.2, -0.15) is 0 Å². The third kappa shape index (κ3) is 4.12. The highest BCUT2D eigenvalue weighted by Gasteiger charge is 2.31. The minimum absolute atomic E-state index is 0.445. The second kappa shape index (κ2) is 5.86. The highest BCUT2D eigenvalue weighted by atomic mass is 15.2. The third-order valence-corrected chi connectivity index (χ3v) is 3.49. The van der Waals surface area contributed by atoms with Crippen LogP contribution in [0.5, 0.6) is 0 Å². The molecule has 1 unspecified atom stereocenters. The topological polar surface area (TPSA) is 15.3 Å². The van der Waals surface area contributed by atoms with Crippen LogP contribution in [-0.4, -0.2) is 37.6 Å². The summed E-state index contributed by atoms with van der Waals surface area (Å²) >= 11 is 0. The van der Waals surface area contributed by atoms with E-state index < -0.39 is 0 Å². The van der Waals surface area contributed by atoms with Gasteiger partial charge in [0.15, 0.2) is 0 Å². The van der Waals surface area contributed by atoms with Gasteiger partial charge >= 0.3 is 0 Å². The van der Waals surface area contributed by atoms with Gasteiger partial charge in [0.2, 0.25) is 0 Å². The zero-order valence-corrected chi connectivity index (χ0v) is 11.0. The molecule has 1 fully saturated rings. The molecular formula is C13H28N2. The lowest BCUT2D eigenvalue weighted by Gasteiger charge is -2.43. The minimum atomic E-state index is 0.445. The predicted octanol–water partition coefficient (Wildman–Crippen LogP) is 2.50. The molecule has 0 aliphatic carbocycles. The van der Waals surface area contributed by atoms with Crippen LogP contribution in [0.2, 0.25) is 0 Å². The average molecular weight is 212 g/mol. The highest BCUT2D eigenvalue weighted by molar-refractivity contribution is 4.86. The molecule has 0 bridgehead atoms. The lowest BCUT2D eigenvalue weighted by Crippen LogP contribution is -2.47. The Morgan fingerprint density at radius 1 is 1.27 bits per heavy atom. The van der Waals surface area contributed by atoms with Crippen LogP contribution in [0.25, 0.3) is 0 Å². The van der Waals surface area contributed by atoms with E-state index in [1.165, 1.54) is 38.8 Å². The van der Waals surface area contributed by atoms with Crippen LogP contribution >= 0.6 is 0 Å². The summed E-state index contributed by atoms with van der Waals surface area (Å²) in [5, 5.41) is 3.23. The monoisotopic (exact) mass is 212 g/mol. The summed E-state index contributed by atoms with van der Waals surface area (Å²) in [6.45, 7) is 10.9. The largest absolute Gasteiger partial charge is 0.320 e. The van der Waals surface area contributed by atoms with Crippen LogP contribution in [0.4, 0.5) is 0 Å². The number of hydrogen-bond acceptors (Lipinski definition) is 2. The van der Waals surface area contributed by atoms with E-state index in [1.807, 2.05) is 7.05 Å². The molecule has 1 saturated heterocycles. The number of nitrogens with one attached hydrogen (secondary N) is 1. The Morgan fingerprint density at radius 2 is 2.00 bits per heavy atom. The summed E-state index contributed by atoms with van der Waals surface area (Å²) in [6.07, 6.45) is 5.49. The SMILES string of the molecule is CNCCCN1CCCCC1C(C)(C)C. The summed E-state index contributed by atoms with van der Waals surface area (Å²) in [4.78, 5) is 2.71. The van der Waals surface area contributed by atoms with Gasteiger partial charge in [-0.05, 0) is 51.4 Å². The Morgan fingerprint density at radius 3 is 2.60 bits per heavy atom. The van der Waals surface area contributed by atoms with Gasteiger partial charge in [0.05, 0.1) is 0 Å². The fraction of sp³-hybridized carbons (Fsp3) is 1.00. The van der Waals surface area contributed by atoms with E-state index in [4.69, 9.17) is 0 Å². The highest BCUT2D eigenvalue weighted by Crippen LogP contribution is 2.31. The number of nitrogens with zero attached hydrogens (tertiary/aromatic N) is 1. The van der Waals surface area contributed by atoms with Crippen LogP contribution in [0.1, 0.15) is 46.5 Å². The van der Waals surface area contributed by atoms with Crippen LogP contribution in [0.15, 0.2) is 0 Å². The summed E-state index contributed by atoms with van der Waals surface area (Å²) in [7, 11) is 2.04. The molecule has 0 radical (unpaired) electrons. The first-order chi connectivity index (χ1) is 7.05. The fourth-order valence-corrected chi connectivity index (χ4v) is 2.70. The van der Waals surface area contributed by atoms with E-state index in [2.05, 4.69) is 31.0 Å². The van der Waals surface area contributed by atoms with E-state index >= 15 is 0 Å². The molecule has 1 atom stereocenters. The van der Waals surface area contributed by atoms with Crippen molar-refractivity contribution >= 4 is 0 Å². The van der Waals surface area contributed by atoms with E-state index in [0.29, 0.717) is 5.41 Å². The molecular weight excluding hydrogens is 184 g/mol. The molecule has 0 aromatic rings. The van der Waals surface area contributed by atoms with E-state index in [0.717, 1.165) is 12.6 Å². The van der Waals surface area contributed by atoms with Gasteiger partial charge in [-0.15, -0.1) is 0 Å². The van der Waals surface area contributed by atoms with E-state index in [9.17, 15) is 0 Å². The molecule has 2 heteroatoms. The predicted molar refractivity (Wildman–Crippen MR) is 67.2 cm³/mol. The Kier molecular flexibility index (Phi) is 5.07. The van der Waals surface area contributed by atoms with Gasteiger partial charge in [0.1, 0.15) is 0 Å². The molecule has 0 saturated carbocycles. The summed E-state index contributed by atoms with van der Waals surface area (Å²) in [6, 6.07) is 0.795. The average Bonchev–Trinajstić information content (AvgIpc) is 2.17. The first-order valence-electron chi connectivity index (χ1n) is 6.44. The zero-order chi connectivity index (χ0) is 11.3. The Bertz CT molecular complexity index is 172. The van der Waals surface area contributed by atoms with Crippen molar-refractivity contribution in [3.05, 3.63) is 0 Å². The van der Waals surface area contributed by atoms with Gasteiger partial charge in [0.25, 0.3) is 0 Å². The number of hydrogen-bond donors (Lipinski definition) is 1. The number of piperidine rings is 1. The quantitative estimate of drug-likeness (QED) is 0.720. The maximum Gasteiger partial charge on any atom is 0.0144 e. The third-order valence-electron chi connectivity index (χ3n) is 3.49.